The SMILES string of the molecule is Cc1cc(O)ccc1Nc1nc(Cl)nc(Cl)n1. The molecule has 0 atom stereocenters. The van der Waals surface area contributed by atoms with Crippen LogP contribution in [0.3, 0.4) is 0 Å². The maximum atomic E-state index is 9.28. The summed E-state index contributed by atoms with van der Waals surface area (Å²) in [5, 5.41) is 12.3. The van der Waals surface area contributed by atoms with Gasteiger partial charge in [-0.2, -0.15) is 15.0 Å². The number of benzene rings is 1. The molecule has 88 valence electrons. The third kappa shape index (κ3) is 2.95. The fraction of sp³-hybridized carbons (Fsp3) is 0.100. The molecule has 0 bridgehead atoms. The van der Waals surface area contributed by atoms with Gasteiger partial charge >= 0.3 is 0 Å². The van der Waals surface area contributed by atoms with Crippen molar-refractivity contribution in [2.24, 2.45) is 0 Å². The molecule has 0 amide bonds. The molecule has 17 heavy (non-hydrogen) atoms. The first-order valence-electron chi connectivity index (χ1n) is 4.68. The number of aromatic hydroxyl groups is 1. The summed E-state index contributed by atoms with van der Waals surface area (Å²) < 4.78 is 0. The van der Waals surface area contributed by atoms with E-state index in [1.165, 1.54) is 0 Å². The smallest absolute Gasteiger partial charge is 0.232 e. The largest absolute Gasteiger partial charge is 0.508 e. The molecule has 2 rings (SSSR count). The number of halogens is 2. The van der Waals surface area contributed by atoms with Gasteiger partial charge in [0, 0.05) is 5.69 Å². The number of phenolic OH excluding ortho intramolecular Hbond substituents is 1. The zero-order valence-corrected chi connectivity index (χ0v) is 10.3. The highest BCUT2D eigenvalue weighted by Gasteiger charge is 2.05. The molecule has 0 radical (unpaired) electrons. The maximum Gasteiger partial charge on any atom is 0.232 e. The van der Waals surface area contributed by atoms with Gasteiger partial charge in [0.1, 0.15) is 5.75 Å². The molecule has 0 unspecified atom stereocenters. The van der Waals surface area contributed by atoms with Gasteiger partial charge in [-0.1, -0.05) is 0 Å². The Bertz CT molecular complexity index is 542. The van der Waals surface area contributed by atoms with Gasteiger partial charge in [-0.05, 0) is 53.9 Å². The highest BCUT2D eigenvalue weighted by Crippen LogP contribution is 2.23. The van der Waals surface area contributed by atoms with Crippen molar-refractivity contribution >= 4 is 34.8 Å². The number of aryl methyl sites for hydroxylation is 1. The quantitative estimate of drug-likeness (QED) is 0.822. The first kappa shape index (κ1) is 11.9. The Balaban J connectivity index is 2.31. The van der Waals surface area contributed by atoms with Crippen LogP contribution in [0, 0.1) is 6.92 Å². The molecule has 1 aromatic heterocycles. The van der Waals surface area contributed by atoms with Gasteiger partial charge in [-0.15, -0.1) is 0 Å². The van der Waals surface area contributed by atoms with Gasteiger partial charge in [-0.3, -0.25) is 0 Å². The number of rotatable bonds is 2. The minimum Gasteiger partial charge on any atom is -0.508 e. The Kier molecular flexibility index (Phi) is 3.31. The summed E-state index contributed by atoms with van der Waals surface area (Å²) >= 11 is 11.3. The van der Waals surface area contributed by atoms with Gasteiger partial charge < -0.3 is 10.4 Å². The van der Waals surface area contributed by atoms with E-state index in [1.54, 1.807) is 18.2 Å². The first-order valence-corrected chi connectivity index (χ1v) is 5.44. The molecule has 0 saturated heterocycles. The zero-order chi connectivity index (χ0) is 12.4. The number of hydrogen-bond donors (Lipinski definition) is 2. The van der Waals surface area contributed by atoms with E-state index in [0.29, 0.717) is 0 Å². The van der Waals surface area contributed by atoms with Crippen LogP contribution in [0.2, 0.25) is 10.6 Å². The lowest BCUT2D eigenvalue weighted by atomic mass is 10.2. The summed E-state index contributed by atoms with van der Waals surface area (Å²) in [6.07, 6.45) is 0. The van der Waals surface area contributed by atoms with E-state index in [4.69, 9.17) is 23.2 Å². The molecule has 2 N–H and O–H groups in total. The number of hydrogen-bond acceptors (Lipinski definition) is 5. The third-order valence-corrected chi connectivity index (χ3v) is 2.38. The Hall–Kier alpha value is -1.59. The Labute approximate surface area is 107 Å². The lowest BCUT2D eigenvalue weighted by molar-refractivity contribution is 0.475. The molecule has 2 aromatic rings. The van der Waals surface area contributed by atoms with E-state index in [9.17, 15) is 5.11 Å². The van der Waals surface area contributed by atoms with Crippen molar-refractivity contribution in [1.29, 1.82) is 0 Å². The van der Waals surface area contributed by atoms with Crippen molar-refractivity contribution in [1.82, 2.24) is 15.0 Å². The number of aromatic nitrogens is 3. The van der Waals surface area contributed by atoms with Crippen LogP contribution in [0.5, 0.6) is 5.75 Å². The summed E-state index contributed by atoms with van der Waals surface area (Å²) in [5.74, 6) is 0.448. The standard InChI is InChI=1S/C10H8Cl2N4O/c1-5-4-6(17)2-3-7(5)13-10-15-8(11)14-9(12)16-10/h2-4,17H,1H3,(H,13,14,15,16). The van der Waals surface area contributed by atoms with Crippen molar-refractivity contribution in [3.05, 3.63) is 34.3 Å². The molecular weight excluding hydrogens is 263 g/mol. The molecule has 0 aliphatic carbocycles. The van der Waals surface area contributed by atoms with Crippen molar-refractivity contribution in [2.75, 3.05) is 5.32 Å². The summed E-state index contributed by atoms with van der Waals surface area (Å²) in [5.41, 5.74) is 1.60. The summed E-state index contributed by atoms with van der Waals surface area (Å²) in [4.78, 5) is 11.4. The highest BCUT2D eigenvalue weighted by molar-refractivity contribution is 6.31. The Morgan fingerprint density at radius 3 is 2.35 bits per heavy atom. The molecule has 7 heteroatoms. The zero-order valence-electron chi connectivity index (χ0n) is 8.78. The number of phenols is 1. The molecule has 1 aromatic carbocycles. The second kappa shape index (κ2) is 4.73. The lowest BCUT2D eigenvalue weighted by Gasteiger charge is -2.08. The third-order valence-electron chi connectivity index (χ3n) is 2.04. The average molecular weight is 271 g/mol. The molecule has 1 heterocycles. The number of anilines is 2. The van der Waals surface area contributed by atoms with Crippen LogP contribution in [-0.2, 0) is 0 Å². The van der Waals surface area contributed by atoms with Gasteiger partial charge in [0.2, 0.25) is 16.5 Å². The molecule has 0 spiro atoms. The van der Waals surface area contributed by atoms with Crippen molar-refractivity contribution < 1.29 is 5.11 Å². The summed E-state index contributed by atoms with van der Waals surface area (Å²) in [6.45, 7) is 1.84. The number of nitrogens with one attached hydrogen (secondary N) is 1. The molecule has 0 saturated carbocycles. The molecule has 0 aliphatic heterocycles. The summed E-state index contributed by atoms with van der Waals surface area (Å²) in [7, 11) is 0. The van der Waals surface area contributed by atoms with Crippen LogP contribution in [0.1, 0.15) is 5.56 Å². The molecule has 0 aliphatic rings. The van der Waals surface area contributed by atoms with Crippen LogP contribution >= 0.6 is 23.2 Å². The van der Waals surface area contributed by atoms with Gasteiger partial charge in [-0.25, -0.2) is 0 Å². The summed E-state index contributed by atoms with van der Waals surface area (Å²) in [6, 6.07) is 4.88. The second-order valence-corrected chi connectivity index (χ2v) is 4.00. The predicted octanol–water partition coefficient (Wildman–Crippen LogP) is 2.94. The van der Waals surface area contributed by atoms with Gasteiger partial charge in [0.15, 0.2) is 0 Å². The normalized spacial score (nSPS) is 10.3. The van der Waals surface area contributed by atoms with Crippen LogP contribution < -0.4 is 5.32 Å². The van der Waals surface area contributed by atoms with Crippen molar-refractivity contribution in [3.8, 4) is 5.75 Å². The Morgan fingerprint density at radius 2 is 1.76 bits per heavy atom. The van der Waals surface area contributed by atoms with E-state index < -0.39 is 0 Å². The lowest BCUT2D eigenvalue weighted by Crippen LogP contribution is -2.00. The van der Waals surface area contributed by atoms with Crippen LogP contribution in [-0.4, -0.2) is 20.1 Å². The van der Waals surface area contributed by atoms with Crippen molar-refractivity contribution in [2.45, 2.75) is 6.92 Å². The monoisotopic (exact) mass is 270 g/mol. The fourth-order valence-electron chi connectivity index (χ4n) is 1.29. The maximum absolute atomic E-state index is 9.28. The van der Waals surface area contributed by atoms with Crippen molar-refractivity contribution in [3.63, 3.8) is 0 Å². The molecule has 0 fully saturated rings. The minimum atomic E-state index is 0.0175. The minimum absolute atomic E-state index is 0.0175. The predicted molar refractivity (Wildman–Crippen MR) is 66.0 cm³/mol. The van der Waals surface area contributed by atoms with E-state index >= 15 is 0 Å². The van der Waals surface area contributed by atoms with Crippen LogP contribution in [0.15, 0.2) is 18.2 Å². The van der Waals surface area contributed by atoms with E-state index in [-0.39, 0.29) is 22.3 Å². The fourth-order valence-corrected chi connectivity index (χ4v) is 1.65. The first-order chi connectivity index (χ1) is 8.04. The van der Waals surface area contributed by atoms with E-state index in [1.807, 2.05) is 6.92 Å². The Morgan fingerprint density at radius 1 is 1.12 bits per heavy atom. The second-order valence-electron chi connectivity index (χ2n) is 3.32. The van der Waals surface area contributed by atoms with Crippen LogP contribution in [0.4, 0.5) is 11.6 Å². The average Bonchev–Trinajstić information content (AvgIpc) is 2.21. The van der Waals surface area contributed by atoms with Gasteiger partial charge in [0.05, 0.1) is 0 Å². The van der Waals surface area contributed by atoms with Gasteiger partial charge in [0.25, 0.3) is 0 Å². The van der Waals surface area contributed by atoms with Crippen LogP contribution in [0.25, 0.3) is 0 Å². The molecule has 5 nitrogen and oxygen atoms in total. The van der Waals surface area contributed by atoms with E-state index in [0.717, 1.165) is 11.3 Å². The van der Waals surface area contributed by atoms with E-state index in [2.05, 4.69) is 20.3 Å². The topological polar surface area (TPSA) is 70.9 Å². The number of nitrogens with zero attached hydrogens (tertiary/aromatic N) is 3. The highest BCUT2D eigenvalue weighted by atomic mass is 35.5. The molecular formula is C10H8Cl2N4O.